The first-order valence-corrected chi connectivity index (χ1v) is 7.43. The summed E-state index contributed by atoms with van der Waals surface area (Å²) in [6, 6.07) is 4.02. The normalized spacial score (nSPS) is 21.6. The highest BCUT2D eigenvalue weighted by atomic mass is 16.5. The van der Waals surface area contributed by atoms with Gasteiger partial charge in [-0.15, -0.1) is 0 Å². The molecule has 112 valence electrons. The summed E-state index contributed by atoms with van der Waals surface area (Å²) >= 11 is 0. The number of nitrogens with zero attached hydrogens (tertiary/aromatic N) is 4. The van der Waals surface area contributed by atoms with Crippen LogP contribution < -0.4 is 5.32 Å². The van der Waals surface area contributed by atoms with E-state index in [1.807, 2.05) is 23.9 Å². The molecule has 0 saturated carbocycles. The summed E-state index contributed by atoms with van der Waals surface area (Å²) < 4.78 is 7.94. The molecule has 1 aliphatic rings. The highest BCUT2D eigenvalue weighted by Crippen LogP contribution is 2.34. The molecule has 0 amide bonds. The van der Waals surface area contributed by atoms with Crippen molar-refractivity contribution in [1.29, 1.82) is 0 Å². The van der Waals surface area contributed by atoms with Gasteiger partial charge in [-0.1, -0.05) is 0 Å². The van der Waals surface area contributed by atoms with Gasteiger partial charge < -0.3 is 10.1 Å². The maximum atomic E-state index is 5.93. The van der Waals surface area contributed by atoms with Crippen molar-refractivity contribution in [2.45, 2.75) is 32.9 Å². The summed E-state index contributed by atoms with van der Waals surface area (Å²) in [5, 5.41) is 7.74. The Bertz CT molecular complexity index is 597. The zero-order chi connectivity index (χ0) is 14.7. The second-order valence-electron chi connectivity index (χ2n) is 5.34. The SMILES string of the molecule is CCn1nccc1[C@@H]1OCC[C@H]1CNc1cc(C)ncn1. The Balaban J connectivity index is 1.67. The molecule has 0 aromatic carbocycles. The molecule has 0 aliphatic carbocycles. The second kappa shape index (κ2) is 6.22. The van der Waals surface area contributed by atoms with Crippen LogP contribution in [0.15, 0.2) is 24.7 Å². The zero-order valence-electron chi connectivity index (χ0n) is 12.5. The van der Waals surface area contributed by atoms with Crippen molar-refractivity contribution in [3.63, 3.8) is 0 Å². The van der Waals surface area contributed by atoms with Crippen LogP contribution in [0.3, 0.4) is 0 Å². The number of ether oxygens (including phenoxy) is 1. The zero-order valence-corrected chi connectivity index (χ0v) is 12.5. The third-order valence-corrected chi connectivity index (χ3v) is 3.90. The average Bonchev–Trinajstić information content (AvgIpc) is 3.13. The van der Waals surface area contributed by atoms with Crippen LogP contribution in [0.1, 0.15) is 30.8 Å². The Morgan fingerprint density at radius 3 is 3.14 bits per heavy atom. The molecule has 3 heterocycles. The maximum absolute atomic E-state index is 5.93. The van der Waals surface area contributed by atoms with Crippen molar-refractivity contribution in [1.82, 2.24) is 19.7 Å². The van der Waals surface area contributed by atoms with Crippen molar-refractivity contribution in [2.24, 2.45) is 5.92 Å². The molecule has 1 fully saturated rings. The minimum absolute atomic E-state index is 0.114. The fraction of sp³-hybridized carbons (Fsp3) is 0.533. The summed E-state index contributed by atoms with van der Waals surface area (Å²) in [6.07, 6.45) is 4.60. The molecule has 6 nitrogen and oxygen atoms in total. The largest absolute Gasteiger partial charge is 0.372 e. The molecule has 2 aromatic rings. The fourth-order valence-corrected chi connectivity index (χ4v) is 2.81. The molecular formula is C15H21N5O. The van der Waals surface area contributed by atoms with Gasteiger partial charge in [-0.25, -0.2) is 9.97 Å². The number of hydrogen-bond acceptors (Lipinski definition) is 5. The van der Waals surface area contributed by atoms with E-state index in [1.165, 1.54) is 5.69 Å². The van der Waals surface area contributed by atoms with Gasteiger partial charge in [-0.2, -0.15) is 5.10 Å². The summed E-state index contributed by atoms with van der Waals surface area (Å²) in [7, 11) is 0. The molecule has 0 bridgehead atoms. The molecule has 1 saturated heterocycles. The van der Waals surface area contributed by atoms with Crippen LogP contribution in [0.4, 0.5) is 5.82 Å². The Morgan fingerprint density at radius 1 is 1.43 bits per heavy atom. The standard InChI is InChI=1S/C15H21N5O/c1-3-20-13(4-6-19-20)15-12(5-7-21-15)9-16-14-8-11(2)17-10-18-14/h4,6,8,10,12,15H,3,5,7,9H2,1-2H3,(H,16,17,18)/t12-,15+/m0/s1. The average molecular weight is 287 g/mol. The molecule has 2 atom stereocenters. The van der Waals surface area contributed by atoms with Crippen LogP contribution in [-0.2, 0) is 11.3 Å². The van der Waals surface area contributed by atoms with Gasteiger partial charge in [0, 0.05) is 43.6 Å². The molecule has 2 aromatic heterocycles. The Kier molecular flexibility index (Phi) is 4.15. The van der Waals surface area contributed by atoms with E-state index in [9.17, 15) is 0 Å². The number of aryl methyl sites for hydroxylation is 2. The van der Waals surface area contributed by atoms with E-state index >= 15 is 0 Å². The lowest BCUT2D eigenvalue weighted by molar-refractivity contribution is 0.0858. The molecule has 1 N–H and O–H groups in total. The van der Waals surface area contributed by atoms with Crippen molar-refractivity contribution in [3.8, 4) is 0 Å². The van der Waals surface area contributed by atoms with E-state index in [-0.39, 0.29) is 6.10 Å². The van der Waals surface area contributed by atoms with Crippen molar-refractivity contribution < 1.29 is 4.74 Å². The number of hydrogen-bond donors (Lipinski definition) is 1. The molecule has 0 spiro atoms. The van der Waals surface area contributed by atoms with Gasteiger partial charge in [-0.05, 0) is 26.3 Å². The van der Waals surface area contributed by atoms with Crippen LogP contribution in [0.5, 0.6) is 0 Å². The van der Waals surface area contributed by atoms with Crippen LogP contribution in [0.2, 0.25) is 0 Å². The lowest BCUT2D eigenvalue weighted by Gasteiger charge is -2.20. The number of nitrogens with one attached hydrogen (secondary N) is 1. The minimum Gasteiger partial charge on any atom is -0.372 e. The van der Waals surface area contributed by atoms with Crippen LogP contribution in [0, 0.1) is 12.8 Å². The van der Waals surface area contributed by atoms with Gasteiger partial charge in [0.05, 0.1) is 5.69 Å². The Morgan fingerprint density at radius 2 is 2.33 bits per heavy atom. The van der Waals surface area contributed by atoms with E-state index in [1.54, 1.807) is 6.33 Å². The summed E-state index contributed by atoms with van der Waals surface area (Å²) in [4.78, 5) is 8.35. The third kappa shape index (κ3) is 3.05. The van der Waals surface area contributed by atoms with E-state index < -0.39 is 0 Å². The first-order chi connectivity index (χ1) is 10.3. The highest BCUT2D eigenvalue weighted by Gasteiger charge is 2.31. The van der Waals surface area contributed by atoms with Gasteiger partial charge in [0.15, 0.2) is 0 Å². The lowest BCUT2D eigenvalue weighted by atomic mass is 9.99. The van der Waals surface area contributed by atoms with Gasteiger partial charge in [0.2, 0.25) is 0 Å². The van der Waals surface area contributed by atoms with Crippen LogP contribution in [0.25, 0.3) is 0 Å². The van der Waals surface area contributed by atoms with Crippen molar-refractivity contribution in [2.75, 3.05) is 18.5 Å². The predicted octanol–water partition coefficient (Wildman–Crippen LogP) is 2.19. The fourth-order valence-electron chi connectivity index (χ4n) is 2.81. The van der Waals surface area contributed by atoms with Crippen molar-refractivity contribution in [3.05, 3.63) is 36.0 Å². The third-order valence-electron chi connectivity index (χ3n) is 3.90. The monoisotopic (exact) mass is 287 g/mol. The molecule has 0 unspecified atom stereocenters. The number of rotatable bonds is 5. The topological polar surface area (TPSA) is 64.9 Å². The molecular weight excluding hydrogens is 266 g/mol. The molecule has 21 heavy (non-hydrogen) atoms. The smallest absolute Gasteiger partial charge is 0.129 e. The Hall–Kier alpha value is -1.95. The minimum atomic E-state index is 0.114. The van der Waals surface area contributed by atoms with Gasteiger partial charge in [0.25, 0.3) is 0 Å². The predicted molar refractivity (Wildman–Crippen MR) is 80.0 cm³/mol. The maximum Gasteiger partial charge on any atom is 0.129 e. The van der Waals surface area contributed by atoms with E-state index in [4.69, 9.17) is 4.74 Å². The van der Waals surface area contributed by atoms with E-state index in [0.717, 1.165) is 37.6 Å². The van der Waals surface area contributed by atoms with Crippen molar-refractivity contribution >= 4 is 5.82 Å². The first kappa shape index (κ1) is 14.0. The summed E-state index contributed by atoms with van der Waals surface area (Å²) in [5.41, 5.74) is 2.14. The lowest BCUT2D eigenvalue weighted by Crippen LogP contribution is -2.20. The molecule has 1 aliphatic heterocycles. The molecule has 6 heteroatoms. The molecule has 0 radical (unpaired) electrons. The summed E-state index contributed by atoms with van der Waals surface area (Å²) in [5.74, 6) is 1.31. The number of aromatic nitrogens is 4. The van der Waals surface area contributed by atoms with E-state index in [0.29, 0.717) is 5.92 Å². The van der Waals surface area contributed by atoms with Gasteiger partial charge in [0.1, 0.15) is 18.2 Å². The van der Waals surface area contributed by atoms with Gasteiger partial charge in [-0.3, -0.25) is 4.68 Å². The number of anilines is 1. The summed E-state index contributed by atoms with van der Waals surface area (Å²) in [6.45, 7) is 6.58. The second-order valence-corrected chi connectivity index (χ2v) is 5.34. The Labute approximate surface area is 124 Å². The van der Waals surface area contributed by atoms with E-state index in [2.05, 4.69) is 33.4 Å². The first-order valence-electron chi connectivity index (χ1n) is 7.43. The quantitative estimate of drug-likeness (QED) is 0.913. The molecule has 3 rings (SSSR count). The highest BCUT2D eigenvalue weighted by molar-refractivity contribution is 5.34. The van der Waals surface area contributed by atoms with Crippen LogP contribution >= 0.6 is 0 Å². The van der Waals surface area contributed by atoms with Gasteiger partial charge >= 0.3 is 0 Å². The van der Waals surface area contributed by atoms with Crippen LogP contribution in [-0.4, -0.2) is 32.9 Å².